The Hall–Kier alpha value is -4.07. The molecule has 0 bridgehead atoms. The summed E-state index contributed by atoms with van der Waals surface area (Å²) in [6.45, 7) is 1.70. The van der Waals surface area contributed by atoms with E-state index in [1.807, 2.05) is 0 Å². The fourth-order valence-electron chi connectivity index (χ4n) is 3.72. The number of rotatable bonds is 6. The highest BCUT2D eigenvalue weighted by atomic mass is 16.3. The van der Waals surface area contributed by atoms with Crippen molar-refractivity contribution < 1.29 is 18.8 Å². The standard InChI is InChI=1S/C24H24N4O4/c25-22(29)19-11-10-18(15-20(19)28-12-2-1-3-13-28)27-23(30)16-6-8-17(9-7-16)26-24(31)21-5-4-14-32-21/h4-11,14-15H,1-3,12-13H2,(H2,25,29)(H,26,31)(H,27,30). The lowest BCUT2D eigenvalue weighted by Gasteiger charge is -2.30. The van der Waals surface area contributed by atoms with Crippen LogP contribution in [0.4, 0.5) is 17.1 Å². The van der Waals surface area contributed by atoms with Crippen LogP contribution in [0, 0.1) is 0 Å². The summed E-state index contributed by atoms with van der Waals surface area (Å²) in [6.07, 6.45) is 4.70. The summed E-state index contributed by atoms with van der Waals surface area (Å²) in [5.74, 6) is -0.955. The number of nitrogens with two attached hydrogens (primary N) is 1. The van der Waals surface area contributed by atoms with Gasteiger partial charge in [0.1, 0.15) is 0 Å². The summed E-state index contributed by atoms with van der Waals surface area (Å²) >= 11 is 0. The fourth-order valence-corrected chi connectivity index (χ4v) is 3.72. The molecule has 2 heterocycles. The third-order valence-corrected chi connectivity index (χ3v) is 5.37. The molecule has 4 rings (SSSR count). The summed E-state index contributed by atoms with van der Waals surface area (Å²) in [5.41, 5.74) is 8.29. The highest BCUT2D eigenvalue weighted by molar-refractivity contribution is 6.06. The van der Waals surface area contributed by atoms with E-state index in [1.54, 1.807) is 54.6 Å². The monoisotopic (exact) mass is 432 g/mol. The molecule has 2 aromatic carbocycles. The quantitative estimate of drug-likeness (QED) is 0.546. The Kier molecular flexibility index (Phi) is 6.21. The van der Waals surface area contributed by atoms with E-state index >= 15 is 0 Å². The van der Waals surface area contributed by atoms with E-state index < -0.39 is 5.91 Å². The topological polar surface area (TPSA) is 118 Å². The van der Waals surface area contributed by atoms with E-state index in [1.165, 1.54) is 6.26 Å². The van der Waals surface area contributed by atoms with Gasteiger partial charge in [-0.3, -0.25) is 14.4 Å². The number of hydrogen-bond acceptors (Lipinski definition) is 5. The predicted molar refractivity (Wildman–Crippen MR) is 122 cm³/mol. The highest BCUT2D eigenvalue weighted by Gasteiger charge is 2.18. The van der Waals surface area contributed by atoms with Gasteiger partial charge in [0, 0.05) is 30.0 Å². The molecular weight excluding hydrogens is 408 g/mol. The third-order valence-electron chi connectivity index (χ3n) is 5.37. The Morgan fingerprint density at radius 3 is 2.19 bits per heavy atom. The molecule has 1 aliphatic heterocycles. The van der Waals surface area contributed by atoms with Gasteiger partial charge in [0.15, 0.2) is 5.76 Å². The van der Waals surface area contributed by atoms with Crippen LogP contribution in [0.5, 0.6) is 0 Å². The van der Waals surface area contributed by atoms with Gasteiger partial charge >= 0.3 is 0 Å². The van der Waals surface area contributed by atoms with Crippen LogP contribution in [0.15, 0.2) is 65.3 Å². The summed E-state index contributed by atoms with van der Waals surface area (Å²) in [4.78, 5) is 38.8. The Morgan fingerprint density at radius 2 is 1.53 bits per heavy atom. The maximum Gasteiger partial charge on any atom is 0.291 e. The number of amides is 3. The van der Waals surface area contributed by atoms with Gasteiger partial charge in [0.05, 0.1) is 17.5 Å². The molecule has 1 aromatic heterocycles. The lowest BCUT2D eigenvalue weighted by Crippen LogP contribution is -2.31. The van der Waals surface area contributed by atoms with Crippen molar-refractivity contribution in [2.75, 3.05) is 28.6 Å². The summed E-state index contributed by atoms with van der Waals surface area (Å²) in [5, 5.41) is 5.57. The molecule has 0 saturated carbocycles. The second-order valence-electron chi connectivity index (χ2n) is 7.61. The molecule has 0 unspecified atom stereocenters. The van der Waals surface area contributed by atoms with Crippen LogP contribution in [-0.4, -0.2) is 30.8 Å². The molecule has 32 heavy (non-hydrogen) atoms. The number of carbonyl (C=O) groups excluding carboxylic acids is 3. The van der Waals surface area contributed by atoms with E-state index in [2.05, 4.69) is 15.5 Å². The molecule has 4 N–H and O–H groups in total. The van der Waals surface area contributed by atoms with Crippen molar-refractivity contribution in [3.8, 4) is 0 Å². The number of carbonyl (C=O) groups is 3. The first-order valence-corrected chi connectivity index (χ1v) is 10.5. The minimum absolute atomic E-state index is 0.204. The second kappa shape index (κ2) is 9.38. The van der Waals surface area contributed by atoms with Crippen LogP contribution in [0.1, 0.15) is 50.5 Å². The number of furan rings is 1. The Bertz CT molecular complexity index is 1120. The summed E-state index contributed by atoms with van der Waals surface area (Å²) in [7, 11) is 0. The maximum absolute atomic E-state index is 12.7. The SMILES string of the molecule is NC(=O)c1ccc(NC(=O)c2ccc(NC(=O)c3ccco3)cc2)cc1N1CCCCC1. The predicted octanol–water partition coefficient (Wildman–Crippen LogP) is 3.87. The van der Waals surface area contributed by atoms with Gasteiger partial charge in [-0.25, -0.2) is 0 Å². The van der Waals surface area contributed by atoms with Crippen molar-refractivity contribution in [1.29, 1.82) is 0 Å². The number of benzene rings is 2. The Morgan fingerprint density at radius 1 is 0.844 bits per heavy atom. The van der Waals surface area contributed by atoms with Gasteiger partial charge < -0.3 is 25.7 Å². The van der Waals surface area contributed by atoms with E-state index in [-0.39, 0.29) is 17.6 Å². The lowest BCUT2D eigenvalue weighted by atomic mass is 10.1. The first kappa shape index (κ1) is 21.2. The first-order valence-electron chi connectivity index (χ1n) is 10.5. The smallest absolute Gasteiger partial charge is 0.291 e. The number of piperidine rings is 1. The molecular formula is C24H24N4O4. The van der Waals surface area contributed by atoms with Crippen molar-refractivity contribution in [2.45, 2.75) is 19.3 Å². The number of hydrogen-bond donors (Lipinski definition) is 3. The van der Waals surface area contributed by atoms with Crippen LogP contribution >= 0.6 is 0 Å². The zero-order valence-electron chi connectivity index (χ0n) is 17.5. The molecule has 0 radical (unpaired) electrons. The number of primary amides is 1. The largest absolute Gasteiger partial charge is 0.459 e. The molecule has 3 aromatic rings. The van der Waals surface area contributed by atoms with Crippen LogP contribution in [0.3, 0.4) is 0 Å². The van der Waals surface area contributed by atoms with Crippen molar-refractivity contribution >= 4 is 34.8 Å². The van der Waals surface area contributed by atoms with Gasteiger partial charge in [-0.2, -0.15) is 0 Å². The highest BCUT2D eigenvalue weighted by Crippen LogP contribution is 2.28. The van der Waals surface area contributed by atoms with Gasteiger partial charge in [-0.05, 0) is 73.9 Å². The van der Waals surface area contributed by atoms with Gasteiger partial charge in [0.2, 0.25) is 0 Å². The van der Waals surface area contributed by atoms with Crippen molar-refractivity contribution in [2.24, 2.45) is 5.73 Å². The number of nitrogens with zero attached hydrogens (tertiary/aromatic N) is 1. The molecule has 1 fully saturated rings. The number of anilines is 3. The number of nitrogens with one attached hydrogen (secondary N) is 2. The molecule has 0 atom stereocenters. The van der Waals surface area contributed by atoms with Crippen LogP contribution in [0.25, 0.3) is 0 Å². The van der Waals surface area contributed by atoms with Crippen molar-refractivity contribution in [1.82, 2.24) is 0 Å². The third kappa shape index (κ3) is 4.80. The molecule has 0 aliphatic carbocycles. The molecule has 8 nitrogen and oxygen atoms in total. The second-order valence-corrected chi connectivity index (χ2v) is 7.61. The molecule has 8 heteroatoms. The van der Waals surface area contributed by atoms with Crippen molar-refractivity contribution in [3.63, 3.8) is 0 Å². The van der Waals surface area contributed by atoms with Crippen LogP contribution < -0.4 is 21.3 Å². The molecule has 0 spiro atoms. The van der Waals surface area contributed by atoms with E-state index in [4.69, 9.17) is 10.2 Å². The average Bonchev–Trinajstić information content (AvgIpc) is 3.35. The zero-order valence-corrected chi connectivity index (χ0v) is 17.5. The zero-order chi connectivity index (χ0) is 22.5. The lowest BCUT2D eigenvalue weighted by molar-refractivity contribution is 0.0990. The summed E-state index contributed by atoms with van der Waals surface area (Å²) < 4.78 is 5.06. The fraction of sp³-hybridized carbons (Fsp3) is 0.208. The van der Waals surface area contributed by atoms with E-state index in [9.17, 15) is 14.4 Å². The summed E-state index contributed by atoms with van der Waals surface area (Å²) in [6, 6.07) is 14.8. The van der Waals surface area contributed by atoms with Crippen LogP contribution in [0.2, 0.25) is 0 Å². The minimum Gasteiger partial charge on any atom is -0.459 e. The van der Waals surface area contributed by atoms with Gasteiger partial charge in [0.25, 0.3) is 17.7 Å². The normalized spacial score (nSPS) is 13.4. The van der Waals surface area contributed by atoms with Gasteiger partial charge in [-0.15, -0.1) is 0 Å². The van der Waals surface area contributed by atoms with Crippen molar-refractivity contribution in [3.05, 3.63) is 77.7 Å². The molecule has 3 amide bonds. The Balaban J connectivity index is 1.46. The average molecular weight is 432 g/mol. The molecule has 164 valence electrons. The maximum atomic E-state index is 12.7. The van der Waals surface area contributed by atoms with E-state index in [0.29, 0.717) is 22.5 Å². The molecule has 1 aliphatic rings. The minimum atomic E-state index is -0.490. The van der Waals surface area contributed by atoms with E-state index in [0.717, 1.165) is 38.0 Å². The van der Waals surface area contributed by atoms with Gasteiger partial charge in [-0.1, -0.05) is 0 Å². The molecule has 1 saturated heterocycles. The Labute approximate surface area is 185 Å². The van der Waals surface area contributed by atoms with Crippen LogP contribution in [-0.2, 0) is 0 Å². The first-order chi connectivity index (χ1) is 15.5.